The summed E-state index contributed by atoms with van der Waals surface area (Å²) in [6.07, 6.45) is 0. The number of anilines is 2. The standard InChI is InChI=1S/C18H15FN4O2/c1-10-3-4-11(2)14(9-10)23-16-15(20-21-23)17(24)22(18(16)25)13-7-5-12(19)6-8-13/h3-9,15-16H,1-2H3/t15-,16+/m0/s1. The van der Waals surface area contributed by atoms with Crippen LogP contribution in [0.1, 0.15) is 11.1 Å². The molecule has 1 fully saturated rings. The van der Waals surface area contributed by atoms with Gasteiger partial charge in [0.25, 0.3) is 11.8 Å². The van der Waals surface area contributed by atoms with E-state index in [0.29, 0.717) is 5.69 Å². The number of halogens is 1. The van der Waals surface area contributed by atoms with E-state index in [0.717, 1.165) is 21.7 Å². The van der Waals surface area contributed by atoms with Crippen LogP contribution in [0.4, 0.5) is 15.8 Å². The van der Waals surface area contributed by atoms with Gasteiger partial charge >= 0.3 is 0 Å². The highest BCUT2D eigenvalue weighted by atomic mass is 19.1. The maximum Gasteiger partial charge on any atom is 0.263 e. The van der Waals surface area contributed by atoms with Crippen LogP contribution in [-0.4, -0.2) is 23.9 Å². The van der Waals surface area contributed by atoms with E-state index in [1.54, 1.807) is 0 Å². The van der Waals surface area contributed by atoms with Crippen molar-refractivity contribution in [3.05, 3.63) is 59.4 Å². The number of benzene rings is 2. The summed E-state index contributed by atoms with van der Waals surface area (Å²) in [5, 5.41) is 9.59. The lowest BCUT2D eigenvalue weighted by Crippen LogP contribution is -2.40. The summed E-state index contributed by atoms with van der Waals surface area (Å²) >= 11 is 0. The van der Waals surface area contributed by atoms with Crippen molar-refractivity contribution in [2.45, 2.75) is 25.9 Å². The number of carbonyl (C=O) groups excluding carboxylic acids is 2. The Balaban J connectivity index is 1.73. The highest BCUT2D eigenvalue weighted by molar-refractivity contribution is 6.26. The van der Waals surface area contributed by atoms with Gasteiger partial charge in [-0.3, -0.25) is 9.59 Å². The van der Waals surface area contributed by atoms with Crippen LogP contribution < -0.4 is 9.91 Å². The Morgan fingerprint density at radius 3 is 2.44 bits per heavy atom. The van der Waals surface area contributed by atoms with Gasteiger partial charge in [-0.2, -0.15) is 5.11 Å². The van der Waals surface area contributed by atoms with Crippen LogP contribution in [0.3, 0.4) is 0 Å². The van der Waals surface area contributed by atoms with E-state index in [1.807, 2.05) is 32.0 Å². The molecular formula is C18H15FN4O2. The van der Waals surface area contributed by atoms with Crippen molar-refractivity contribution in [3.8, 4) is 0 Å². The van der Waals surface area contributed by atoms with Gasteiger partial charge in [0.15, 0.2) is 12.1 Å². The van der Waals surface area contributed by atoms with Gasteiger partial charge in [-0.1, -0.05) is 17.4 Å². The molecule has 0 radical (unpaired) electrons. The first kappa shape index (κ1) is 15.4. The molecule has 4 rings (SSSR count). The summed E-state index contributed by atoms with van der Waals surface area (Å²) < 4.78 is 13.1. The fourth-order valence-corrected chi connectivity index (χ4v) is 3.17. The first-order chi connectivity index (χ1) is 12.0. The zero-order valence-electron chi connectivity index (χ0n) is 13.7. The minimum absolute atomic E-state index is 0.335. The molecule has 0 bridgehead atoms. The summed E-state index contributed by atoms with van der Waals surface area (Å²) in [5.41, 5.74) is 3.04. The summed E-state index contributed by atoms with van der Waals surface area (Å²) in [5.74, 6) is -1.29. The second kappa shape index (κ2) is 5.47. The van der Waals surface area contributed by atoms with Crippen LogP contribution >= 0.6 is 0 Å². The average Bonchev–Trinajstić information content (AvgIpc) is 3.12. The van der Waals surface area contributed by atoms with Gasteiger partial charge in [-0.15, -0.1) is 0 Å². The quantitative estimate of drug-likeness (QED) is 0.791. The Labute approximate surface area is 143 Å². The molecular weight excluding hydrogens is 323 g/mol. The maximum absolute atomic E-state index is 13.1. The van der Waals surface area contributed by atoms with Crippen LogP contribution in [0.2, 0.25) is 0 Å². The lowest BCUT2D eigenvalue weighted by atomic mass is 10.1. The normalized spacial score (nSPS) is 22.0. The summed E-state index contributed by atoms with van der Waals surface area (Å²) in [7, 11) is 0. The first-order valence-corrected chi connectivity index (χ1v) is 7.88. The molecule has 126 valence electrons. The Kier molecular flexibility index (Phi) is 3.38. The number of hydrogen-bond acceptors (Lipinski definition) is 5. The smallest absolute Gasteiger partial charge is 0.263 e. The lowest BCUT2D eigenvalue weighted by molar-refractivity contribution is -0.121. The van der Waals surface area contributed by atoms with Crippen molar-refractivity contribution in [1.82, 2.24) is 0 Å². The van der Waals surface area contributed by atoms with Gasteiger partial charge in [0.1, 0.15) is 5.82 Å². The molecule has 2 heterocycles. The Morgan fingerprint density at radius 2 is 1.72 bits per heavy atom. The van der Waals surface area contributed by atoms with Gasteiger partial charge in [0, 0.05) is 0 Å². The number of aryl methyl sites for hydroxylation is 2. The van der Waals surface area contributed by atoms with Crippen molar-refractivity contribution in [3.63, 3.8) is 0 Å². The molecule has 25 heavy (non-hydrogen) atoms. The Hall–Kier alpha value is -3.09. The third-order valence-corrected chi connectivity index (χ3v) is 4.48. The third-order valence-electron chi connectivity index (χ3n) is 4.48. The molecule has 0 aliphatic carbocycles. The van der Waals surface area contributed by atoms with Crippen molar-refractivity contribution < 1.29 is 14.0 Å². The molecule has 0 aromatic heterocycles. The average molecular weight is 338 g/mol. The number of imide groups is 1. The number of carbonyl (C=O) groups is 2. The number of rotatable bonds is 2. The van der Waals surface area contributed by atoms with E-state index in [-0.39, 0.29) is 0 Å². The highest BCUT2D eigenvalue weighted by Crippen LogP contribution is 2.36. The van der Waals surface area contributed by atoms with Crippen molar-refractivity contribution >= 4 is 23.2 Å². The van der Waals surface area contributed by atoms with Crippen LogP contribution in [0, 0.1) is 19.7 Å². The molecule has 2 aliphatic heterocycles. The van der Waals surface area contributed by atoms with Crippen molar-refractivity contribution in [2.24, 2.45) is 10.3 Å². The second-order valence-electron chi connectivity index (χ2n) is 6.22. The number of nitrogens with zero attached hydrogens (tertiary/aromatic N) is 4. The Bertz CT molecular complexity index is 910. The highest BCUT2D eigenvalue weighted by Gasteiger charge is 2.55. The number of hydrogen-bond donors (Lipinski definition) is 0. The maximum atomic E-state index is 13.1. The molecule has 0 spiro atoms. The second-order valence-corrected chi connectivity index (χ2v) is 6.22. The van der Waals surface area contributed by atoms with Gasteiger partial charge in [-0.25, -0.2) is 14.3 Å². The minimum atomic E-state index is -0.877. The molecule has 2 aromatic carbocycles. The monoisotopic (exact) mass is 338 g/mol. The van der Waals surface area contributed by atoms with Crippen LogP contribution in [0.25, 0.3) is 0 Å². The summed E-state index contributed by atoms with van der Waals surface area (Å²) in [6.45, 7) is 3.86. The topological polar surface area (TPSA) is 65.3 Å². The zero-order chi connectivity index (χ0) is 17.7. The van der Waals surface area contributed by atoms with E-state index in [2.05, 4.69) is 10.3 Å². The van der Waals surface area contributed by atoms with E-state index >= 15 is 0 Å². The SMILES string of the molecule is Cc1ccc(C)c(N2N=N[C@@H]3C(=O)N(c4ccc(F)cc4)C(=O)[C@@H]32)c1. The molecule has 2 amide bonds. The molecule has 2 aliphatic rings. The molecule has 1 saturated heterocycles. The number of fused-ring (bicyclic) bond motifs is 1. The van der Waals surface area contributed by atoms with E-state index in [9.17, 15) is 14.0 Å². The lowest BCUT2D eigenvalue weighted by Gasteiger charge is -2.22. The molecule has 2 atom stereocenters. The van der Waals surface area contributed by atoms with Crippen molar-refractivity contribution in [1.29, 1.82) is 0 Å². The van der Waals surface area contributed by atoms with Gasteiger partial charge in [0.2, 0.25) is 0 Å². The van der Waals surface area contributed by atoms with Crippen molar-refractivity contribution in [2.75, 3.05) is 9.91 Å². The summed E-state index contributed by atoms with van der Waals surface area (Å²) in [6, 6.07) is 9.38. The molecule has 0 saturated carbocycles. The zero-order valence-corrected chi connectivity index (χ0v) is 13.7. The van der Waals surface area contributed by atoms with E-state index in [4.69, 9.17) is 0 Å². The first-order valence-electron chi connectivity index (χ1n) is 7.88. The summed E-state index contributed by atoms with van der Waals surface area (Å²) in [4.78, 5) is 26.6. The molecule has 0 N–H and O–H groups in total. The molecule has 7 heteroatoms. The molecule has 2 aromatic rings. The predicted molar refractivity (Wildman–Crippen MR) is 89.7 cm³/mol. The molecule has 6 nitrogen and oxygen atoms in total. The fourth-order valence-electron chi connectivity index (χ4n) is 3.17. The minimum Gasteiger partial charge on any atom is -0.271 e. The van der Waals surface area contributed by atoms with E-state index in [1.165, 1.54) is 29.3 Å². The number of amides is 2. The van der Waals surface area contributed by atoms with Crippen LogP contribution in [-0.2, 0) is 9.59 Å². The largest absolute Gasteiger partial charge is 0.271 e. The predicted octanol–water partition coefficient (Wildman–Crippen LogP) is 2.94. The third kappa shape index (κ3) is 2.31. The van der Waals surface area contributed by atoms with Gasteiger partial charge in [0.05, 0.1) is 11.4 Å². The van der Waals surface area contributed by atoms with E-state index < -0.39 is 29.7 Å². The Morgan fingerprint density at radius 1 is 1.00 bits per heavy atom. The molecule has 0 unspecified atom stereocenters. The van der Waals surface area contributed by atoms with Gasteiger partial charge in [-0.05, 0) is 55.3 Å². The van der Waals surface area contributed by atoms with Gasteiger partial charge < -0.3 is 0 Å². The van der Waals surface area contributed by atoms with Crippen LogP contribution in [0.5, 0.6) is 0 Å². The fraction of sp³-hybridized carbons (Fsp3) is 0.222. The van der Waals surface area contributed by atoms with Crippen LogP contribution in [0.15, 0.2) is 52.8 Å².